The number of sulfonamides is 1. The highest BCUT2D eigenvalue weighted by atomic mass is 32.2. The number of nitrogens with zero attached hydrogens (tertiary/aromatic N) is 1. The van der Waals surface area contributed by atoms with E-state index in [0.29, 0.717) is 36.0 Å². The largest absolute Gasteiger partial charge is 0.497 e. The first kappa shape index (κ1) is 22.9. The lowest BCUT2D eigenvalue weighted by Gasteiger charge is -2.32. The zero-order valence-corrected chi connectivity index (χ0v) is 19.4. The summed E-state index contributed by atoms with van der Waals surface area (Å²) < 4.78 is 33.4. The van der Waals surface area contributed by atoms with Crippen molar-refractivity contribution in [2.75, 3.05) is 24.9 Å². The van der Waals surface area contributed by atoms with Crippen LogP contribution in [0.15, 0.2) is 83.8 Å². The van der Waals surface area contributed by atoms with Gasteiger partial charge in [0.1, 0.15) is 5.75 Å². The third kappa shape index (κ3) is 5.73. The number of amides is 1. The van der Waals surface area contributed by atoms with E-state index in [2.05, 4.69) is 29.0 Å². The topological polar surface area (TPSA) is 75.7 Å². The first-order chi connectivity index (χ1) is 15.9. The fourth-order valence-corrected chi connectivity index (χ4v) is 5.24. The molecule has 1 heterocycles. The van der Waals surface area contributed by atoms with Gasteiger partial charge in [0.05, 0.1) is 12.0 Å². The highest BCUT2D eigenvalue weighted by Gasteiger charge is 2.25. The van der Waals surface area contributed by atoms with Crippen LogP contribution in [0.3, 0.4) is 0 Å². The number of methoxy groups -OCH3 is 1. The number of rotatable bonds is 7. The van der Waals surface area contributed by atoms with Gasteiger partial charge < -0.3 is 9.64 Å². The molecule has 0 aliphatic carbocycles. The molecule has 7 heteroatoms. The van der Waals surface area contributed by atoms with Gasteiger partial charge in [-0.05, 0) is 73.2 Å². The summed E-state index contributed by atoms with van der Waals surface area (Å²) >= 11 is 0. The van der Waals surface area contributed by atoms with Crippen LogP contribution < -0.4 is 9.46 Å². The average molecular weight is 465 g/mol. The zero-order chi connectivity index (χ0) is 23.3. The van der Waals surface area contributed by atoms with Crippen LogP contribution in [0.4, 0.5) is 5.69 Å². The minimum absolute atomic E-state index is 0.0585. The zero-order valence-electron chi connectivity index (χ0n) is 18.6. The smallest absolute Gasteiger partial charge is 0.261 e. The maximum atomic E-state index is 13.1. The number of nitrogens with one attached hydrogen (secondary N) is 1. The number of likely N-dealkylation sites (tertiary alicyclic amines) is 1. The van der Waals surface area contributed by atoms with E-state index in [1.807, 2.05) is 11.0 Å². The summed E-state index contributed by atoms with van der Waals surface area (Å²) in [5.74, 6) is 1.06. The number of hydrogen-bond acceptors (Lipinski definition) is 4. The highest BCUT2D eigenvalue weighted by molar-refractivity contribution is 7.92. The molecule has 1 fully saturated rings. The molecule has 1 N–H and O–H groups in total. The number of benzene rings is 3. The van der Waals surface area contributed by atoms with Gasteiger partial charge in [0.25, 0.3) is 15.9 Å². The highest BCUT2D eigenvalue weighted by Crippen LogP contribution is 2.24. The molecule has 6 nitrogen and oxygen atoms in total. The van der Waals surface area contributed by atoms with Crippen LogP contribution in [0.1, 0.15) is 28.8 Å². The Kier molecular flexibility index (Phi) is 6.99. The average Bonchev–Trinajstić information content (AvgIpc) is 2.85. The molecule has 1 amide bonds. The molecule has 1 saturated heterocycles. The lowest BCUT2D eigenvalue weighted by atomic mass is 9.90. The molecule has 0 aromatic heterocycles. The Morgan fingerprint density at radius 2 is 1.67 bits per heavy atom. The normalized spacial score (nSPS) is 14.6. The van der Waals surface area contributed by atoms with Crippen LogP contribution in [0.5, 0.6) is 5.75 Å². The molecule has 0 saturated carbocycles. The van der Waals surface area contributed by atoms with Gasteiger partial charge in [-0.25, -0.2) is 8.42 Å². The molecule has 1 aliphatic heterocycles. The Labute approximate surface area is 195 Å². The van der Waals surface area contributed by atoms with Gasteiger partial charge in [0.2, 0.25) is 0 Å². The van der Waals surface area contributed by atoms with Crippen LogP contribution in [-0.2, 0) is 16.4 Å². The van der Waals surface area contributed by atoms with Gasteiger partial charge in [-0.15, -0.1) is 0 Å². The molecule has 3 aromatic rings. The number of carbonyl (C=O) groups is 1. The van der Waals surface area contributed by atoms with E-state index in [0.717, 1.165) is 19.3 Å². The molecule has 0 bridgehead atoms. The fraction of sp³-hybridized carbons (Fsp3) is 0.269. The second-order valence-corrected chi connectivity index (χ2v) is 9.97. The monoisotopic (exact) mass is 464 g/mol. The van der Waals surface area contributed by atoms with Crippen molar-refractivity contribution >= 4 is 21.6 Å². The second-order valence-electron chi connectivity index (χ2n) is 8.29. The fourth-order valence-electron chi connectivity index (χ4n) is 4.14. The van der Waals surface area contributed by atoms with Crippen molar-refractivity contribution in [3.8, 4) is 5.75 Å². The molecule has 3 aromatic carbocycles. The minimum atomic E-state index is -3.82. The Bertz CT molecular complexity index is 1190. The van der Waals surface area contributed by atoms with Gasteiger partial charge in [-0.3, -0.25) is 9.52 Å². The van der Waals surface area contributed by atoms with E-state index in [1.54, 1.807) is 43.5 Å². The van der Waals surface area contributed by atoms with Crippen LogP contribution in [0, 0.1) is 5.92 Å². The lowest BCUT2D eigenvalue weighted by Crippen LogP contribution is -2.39. The summed E-state index contributed by atoms with van der Waals surface area (Å²) in [6.07, 6.45) is 2.91. The predicted octanol–water partition coefficient (Wildman–Crippen LogP) is 4.59. The van der Waals surface area contributed by atoms with Crippen molar-refractivity contribution in [2.24, 2.45) is 5.92 Å². The van der Waals surface area contributed by atoms with Crippen LogP contribution in [0.25, 0.3) is 0 Å². The summed E-state index contributed by atoms with van der Waals surface area (Å²) in [5.41, 5.74) is 2.13. The molecule has 0 atom stereocenters. The first-order valence-electron chi connectivity index (χ1n) is 11.0. The number of ether oxygens (including phenoxy) is 1. The molecule has 1 aliphatic rings. The number of piperidine rings is 1. The first-order valence-corrected chi connectivity index (χ1v) is 12.5. The standard InChI is InChI=1S/C26H28N2O4S/c1-32-24-12-10-23(11-13-24)27-33(30,31)25-9-5-8-22(19-25)26(29)28-16-14-21(15-17-28)18-20-6-3-2-4-7-20/h2-13,19,21,27H,14-18H2,1H3. The molecule has 4 rings (SSSR count). The molecular formula is C26H28N2O4S. The number of hydrogen-bond donors (Lipinski definition) is 1. The Morgan fingerprint density at radius 1 is 0.970 bits per heavy atom. The number of carbonyl (C=O) groups excluding carboxylic acids is 1. The molecule has 172 valence electrons. The van der Waals surface area contributed by atoms with Gasteiger partial charge >= 0.3 is 0 Å². The molecule has 0 spiro atoms. The predicted molar refractivity (Wildman–Crippen MR) is 129 cm³/mol. The van der Waals surface area contributed by atoms with Crippen molar-refractivity contribution in [2.45, 2.75) is 24.2 Å². The van der Waals surface area contributed by atoms with Crippen LogP contribution in [0.2, 0.25) is 0 Å². The molecule has 33 heavy (non-hydrogen) atoms. The summed E-state index contributed by atoms with van der Waals surface area (Å²) in [6.45, 7) is 1.36. The Hall–Kier alpha value is -3.32. The molecule has 0 radical (unpaired) electrons. The van der Waals surface area contributed by atoms with Crippen molar-refractivity contribution < 1.29 is 17.9 Å². The van der Waals surface area contributed by atoms with Gasteiger partial charge in [0.15, 0.2) is 0 Å². The maximum absolute atomic E-state index is 13.1. The van der Waals surface area contributed by atoms with Crippen LogP contribution >= 0.6 is 0 Å². The Morgan fingerprint density at radius 3 is 2.33 bits per heavy atom. The van der Waals surface area contributed by atoms with Crippen LogP contribution in [-0.4, -0.2) is 39.4 Å². The van der Waals surface area contributed by atoms with Crippen molar-refractivity contribution in [3.05, 3.63) is 90.0 Å². The summed E-state index contributed by atoms with van der Waals surface area (Å²) in [4.78, 5) is 15.0. The molecule has 0 unspecified atom stereocenters. The van der Waals surface area contributed by atoms with Crippen molar-refractivity contribution in [3.63, 3.8) is 0 Å². The lowest BCUT2D eigenvalue weighted by molar-refractivity contribution is 0.0690. The SMILES string of the molecule is COc1ccc(NS(=O)(=O)c2cccc(C(=O)N3CCC(Cc4ccccc4)CC3)c2)cc1. The number of anilines is 1. The van der Waals surface area contributed by atoms with E-state index in [1.165, 1.54) is 17.7 Å². The summed E-state index contributed by atoms with van der Waals surface area (Å²) in [5, 5.41) is 0. The third-order valence-electron chi connectivity index (χ3n) is 6.00. The summed E-state index contributed by atoms with van der Waals surface area (Å²) in [6, 6.07) is 23.3. The van der Waals surface area contributed by atoms with Gasteiger partial charge in [-0.2, -0.15) is 0 Å². The minimum Gasteiger partial charge on any atom is -0.497 e. The van der Waals surface area contributed by atoms with Crippen molar-refractivity contribution in [1.82, 2.24) is 4.90 Å². The van der Waals surface area contributed by atoms with E-state index < -0.39 is 10.0 Å². The van der Waals surface area contributed by atoms with E-state index in [4.69, 9.17) is 4.74 Å². The maximum Gasteiger partial charge on any atom is 0.261 e. The Balaban J connectivity index is 1.40. The quantitative estimate of drug-likeness (QED) is 0.555. The third-order valence-corrected chi connectivity index (χ3v) is 7.38. The van der Waals surface area contributed by atoms with E-state index >= 15 is 0 Å². The second kappa shape index (κ2) is 10.1. The van der Waals surface area contributed by atoms with E-state index in [-0.39, 0.29) is 10.8 Å². The molecular weight excluding hydrogens is 436 g/mol. The van der Waals surface area contributed by atoms with Gasteiger partial charge in [0, 0.05) is 24.3 Å². The van der Waals surface area contributed by atoms with E-state index in [9.17, 15) is 13.2 Å². The van der Waals surface area contributed by atoms with Crippen molar-refractivity contribution in [1.29, 1.82) is 0 Å². The summed E-state index contributed by atoms with van der Waals surface area (Å²) in [7, 11) is -2.28. The van der Waals surface area contributed by atoms with Gasteiger partial charge in [-0.1, -0.05) is 36.4 Å².